The van der Waals surface area contributed by atoms with Gasteiger partial charge in [0, 0.05) is 57.9 Å². The van der Waals surface area contributed by atoms with Gasteiger partial charge in [-0.15, -0.1) is 0 Å². The molecule has 0 aliphatic carbocycles. The van der Waals surface area contributed by atoms with Crippen molar-refractivity contribution in [3.05, 3.63) is 60.2 Å². The van der Waals surface area contributed by atoms with Gasteiger partial charge in [0.25, 0.3) is 0 Å². The molecule has 3 aliphatic heterocycles. The lowest BCUT2D eigenvalue weighted by Crippen LogP contribution is -2.56. The fourth-order valence-corrected chi connectivity index (χ4v) is 5.81. The largest absolute Gasteiger partial charge is 0.490 e. The molecule has 0 aromatic heterocycles. The molecular formula is C31H42N4O5. The molecule has 3 saturated heterocycles. The minimum atomic E-state index is -0.494. The summed E-state index contributed by atoms with van der Waals surface area (Å²) in [6, 6.07) is 18.5. The van der Waals surface area contributed by atoms with Crippen molar-refractivity contribution in [2.45, 2.75) is 57.9 Å². The van der Waals surface area contributed by atoms with E-state index >= 15 is 0 Å². The summed E-state index contributed by atoms with van der Waals surface area (Å²) in [6.45, 7) is 11.6. The third kappa shape index (κ3) is 6.99. The van der Waals surface area contributed by atoms with E-state index in [2.05, 4.69) is 21.9 Å². The molecule has 2 aromatic carbocycles. The molecule has 2 amide bonds. The van der Waals surface area contributed by atoms with Crippen LogP contribution in [0.25, 0.3) is 0 Å². The molecule has 0 N–H and O–H groups in total. The van der Waals surface area contributed by atoms with Gasteiger partial charge in [0.05, 0.1) is 5.69 Å². The van der Waals surface area contributed by atoms with Gasteiger partial charge < -0.3 is 28.9 Å². The predicted octanol–water partition coefficient (Wildman–Crippen LogP) is 4.61. The molecule has 9 heteroatoms. The average molecular weight is 551 g/mol. The van der Waals surface area contributed by atoms with Crippen LogP contribution < -0.4 is 9.64 Å². The maximum absolute atomic E-state index is 12.7. The number of hydrogen-bond acceptors (Lipinski definition) is 7. The SMILES string of the molecule is CC(C)(C)OC(=O)N1C[C@H]2CC[C@@H](C1)N2c1ccccc1OCCN1CCN(C(=O)OCc2ccccc2)CC1. The first-order valence-corrected chi connectivity index (χ1v) is 14.4. The van der Waals surface area contributed by atoms with Gasteiger partial charge in [-0.25, -0.2) is 9.59 Å². The van der Waals surface area contributed by atoms with Crippen LogP contribution in [0.2, 0.25) is 0 Å². The van der Waals surface area contributed by atoms with E-state index in [9.17, 15) is 9.59 Å². The highest BCUT2D eigenvalue weighted by Gasteiger charge is 2.43. The van der Waals surface area contributed by atoms with Gasteiger partial charge >= 0.3 is 12.2 Å². The molecule has 2 bridgehead atoms. The van der Waals surface area contributed by atoms with Gasteiger partial charge in [0.2, 0.25) is 0 Å². The van der Waals surface area contributed by atoms with Crippen LogP contribution in [0.15, 0.2) is 54.6 Å². The van der Waals surface area contributed by atoms with Gasteiger partial charge in [0.1, 0.15) is 24.6 Å². The molecule has 2 aromatic rings. The number of ether oxygens (including phenoxy) is 3. The number of benzene rings is 2. The lowest BCUT2D eigenvalue weighted by atomic mass is 10.1. The summed E-state index contributed by atoms with van der Waals surface area (Å²) >= 11 is 0. The van der Waals surface area contributed by atoms with E-state index in [0.29, 0.717) is 39.4 Å². The standard InChI is InChI=1S/C31H42N4O5/c1-31(2,3)40-30(37)34-21-25-13-14-26(22-34)35(25)27-11-7-8-12-28(27)38-20-19-32-15-17-33(18-16-32)29(36)39-23-24-9-5-4-6-10-24/h4-12,25-26H,13-23H2,1-3H3/t25-,26+. The van der Waals surface area contributed by atoms with Crippen LogP contribution in [0, 0.1) is 0 Å². The number of fused-ring (bicyclic) bond motifs is 2. The minimum Gasteiger partial charge on any atom is -0.490 e. The summed E-state index contributed by atoms with van der Waals surface area (Å²) in [5, 5.41) is 0. The van der Waals surface area contributed by atoms with Gasteiger partial charge in [-0.2, -0.15) is 0 Å². The average Bonchev–Trinajstić information content (AvgIpc) is 3.20. The van der Waals surface area contributed by atoms with Crippen molar-refractivity contribution in [2.75, 3.05) is 57.3 Å². The Morgan fingerprint density at radius 1 is 0.825 bits per heavy atom. The topological polar surface area (TPSA) is 74.8 Å². The highest BCUT2D eigenvalue weighted by atomic mass is 16.6. The normalized spacial score (nSPS) is 21.3. The van der Waals surface area contributed by atoms with Crippen LogP contribution in [0.1, 0.15) is 39.2 Å². The molecule has 216 valence electrons. The Morgan fingerprint density at radius 3 is 2.15 bits per heavy atom. The molecule has 0 unspecified atom stereocenters. The second-order valence-corrected chi connectivity index (χ2v) is 11.9. The quantitative estimate of drug-likeness (QED) is 0.499. The second kappa shape index (κ2) is 12.4. The van der Waals surface area contributed by atoms with E-state index in [0.717, 1.165) is 49.5 Å². The number of carbonyl (C=O) groups excluding carboxylic acids is 2. The monoisotopic (exact) mass is 550 g/mol. The van der Waals surface area contributed by atoms with Gasteiger partial charge in [-0.3, -0.25) is 4.90 Å². The van der Waals surface area contributed by atoms with Crippen molar-refractivity contribution in [1.82, 2.24) is 14.7 Å². The van der Waals surface area contributed by atoms with Gasteiger partial charge in [-0.05, 0) is 51.3 Å². The Hall–Kier alpha value is -3.46. The number of carbonyl (C=O) groups is 2. The second-order valence-electron chi connectivity index (χ2n) is 11.9. The highest BCUT2D eigenvalue weighted by molar-refractivity contribution is 5.70. The van der Waals surface area contributed by atoms with Crippen LogP contribution >= 0.6 is 0 Å². The Morgan fingerprint density at radius 2 is 1.48 bits per heavy atom. The zero-order valence-corrected chi connectivity index (χ0v) is 24.0. The zero-order chi connectivity index (χ0) is 28.1. The first-order valence-electron chi connectivity index (χ1n) is 14.4. The van der Waals surface area contributed by atoms with Crippen molar-refractivity contribution in [3.8, 4) is 5.75 Å². The predicted molar refractivity (Wildman–Crippen MR) is 154 cm³/mol. The molecule has 40 heavy (non-hydrogen) atoms. The number of rotatable bonds is 7. The fraction of sp³-hybridized carbons (Fsp3) is 0.548. The van der Waals surface area contributed by atoms with Crippen molar-refractivity contribution in [3.63, 3.8) is 0 Å². The molecule has 3 fully saturated rings. The zero-order valence-electron chi connectivity index (χ0n) is 24.0. The van der Waals surface area contributed by atoms with E-state index in [-0.39, 0.29) is 24.3 Å². The first-order chi connectivity index (χ1) is 19.3. The molecule has 0 spiro atoms. The molecule has 0 saturated carbocycles. The van der Waals surface area contributed by atoms with Crippen molar-refractivity contribution >= 4 is 17.9 Å². The van der Waals surface area contributed by atoms with E-state index in [1.807, 2.05) is 68.1 Å². The van der Waals surface area contributed by atoms with Crippen LogP contribution in [0.3, 0.4) is 0 Å². The van der Waals surface area contributed by atoms with Crippen LogP contribution in [0.4, 0.5) is 15.3 Å². The first kappa shape index (κ1) is 28.1. The number of piperazine rings is 2. The van der Waals surface area contributed by atoms with Crippen molar-refractivity contribution in [2.24, 2.45) is 0 Å². The Balaban J connectivity index is 1.08. The molecular weight excluding hydrogens is 508 g/mol. The summed E-state index contributed by atoms with van der Waals surface area (Å²) in [5.41, 5.74) is 1.60. The maximum atomic E-state index is 12.7. The summed E-state index contributed by atoms with van der Waals surface area (Å²) in [6.07, 6.45) is 1.63. The highest BCUT2D eigenvalue weighted by Crippen LogP contribution is 2.40. The minimum absolute atomic E-state index is 0.224. The molecule has 9 nitrogen and oxygen atoms in total. The number of anilines is 1. The number of hydrogen-bond donors (Lipinski definition) is 0. The molecule has 0 radical (unpaired) electrons. The van der Waals surface area contributed by atoms with E-state index in [1.54, 1.807) is 4.90 Å². The summed E-state index contributed by atoms with van der Waals surface area (Å²) in [7, 11) is 0. The van der Waals surface area contributed by atoms with Crippen LogP contribution in [-0.4, -0.2) is 97.0 Å². The Kier molecular flexibility index (Phi) is 8.69. The summed E-state index contributed by atoms with van der Waals surface area (Å²) < 4.78 is 17.4. The maximum Gasteiger partial charge on any atom is 0.410 e. The number of nitrogens with zero attached hydrogens (tertiary/aromatic N) is 4. The molecule has 5 rings (SSSR count). The third-order valence-electron chi connectivity index (χ3n) is 7.78. The number of likely N-dealkylation sites (tertiary alicyclic amines) is 1. The molecule has 3 heterocycles. The summed E-state index contributed by atoms with van der Waals surface area (Å²) in [4.78, 5) is 33.6. The van der Waals surface area contributed by atoms with Gasteiger partial charge in [-0.1, -0.05) is 42.5 Å². The molecule has 2 atom stereocenters. The smallest absolute Gasteiger partial charge is 0.410 e. The molecule has 3 aliphatic rings. The van der Waals surface area contributed by atoms with E-state index in [4.69, 9.17) is 14.2 Å². The van der Waals surface area contributed by atoms with E-state index in [1.165, 1.54) is 0 Å². The van der Waals surface area contributed by atoms with Gasteiger partial charge in [0.15, 0.2) is 0 Å². The Bertz CT molecular complexity index is 1130. The van der Waals surface area contributed by atoms with Crippen molar-refractivity contribution < 1.29 is 23.8 Å². The third-order valence-corrected chi connectivity index (χ3v) is 7.78. The summed E-state index contributed by atoms with van der Waals surface area (Å²) in [5.74, 6) is 0.883. The van der Waals surface area contributed by atoms with Crippen molar-refractivity contribution in [1.29, 1.82) is 0 Å². The fourth-order valence-electron chi connectivity index (χ4n) is 5.81. The Labute approximate surface area is 237 Å². The number of amides is 2. The van der Waals surface area contributed by atoms with Crippen LogP contribution in [-0.2, 0) is 16.1 Å². The van der Waals surface area contributed by atoms with E-state index < -0.39 is 5.60 Å². The van der Waals surface area contributed by atoms with Crippen LogP contribution in [0.5, 0.6) is 5.75 Å². The number of para-hydroxylation sites is 2. The lowest BCUT2D eigenvalue weighted by Gasteiger charge is -2.43. The lowest BCUT2D eigenvalue weighted by molar-refractivity contribution is 0.0209.